The Labute approximate surface area is 142 Å². The van der Waals surface area contributed by atoms with Gasteiger partial charge in [0.25, 0.3) is 5.91 Å². The van der Waals surface area contributed by atoms with Crippen molar-refractivity contribution in [1.82, 2.24) is 4.90 Å². The Balaban J connectivity index is 1.91. The number of anilines is 1. The molecule has 0 aromatic heterocycles. The minimum Gasteiger partial charge on any atom is -0.335 e. The predicted molar refractivity (Wildman–Crippen MR) is 97.6 cm³/mol. The summed E-state index contributed by atoms with van der Waals surface area (Å²) >= 11 is 5.60. The normalized spacial score (nSPS) is 14.7. The van der Waals surface area contributed by atoms with Crippen molar-refractivity contribution in [3.05, 3.63) is 64.7 Å². The first-order valence-corrected chi connectivity index (χ1v) is 8.12. The number of benzene rings is 2. The molecule has 3 nitrogen and oxygen atoms in total. The van der Waals surface area contributed by atoms with Crippen LogP contribution in [0.5, 0.6) is 0 Å². The fourth-order valence-electron chi connectivity index (χ4n) is 3.22. The van der Waals surface area contributed by atoms with Crippen LogP contribution in [0.25, 0.3) is 0 Å². The van der Waals surface area contributed by atoms with E-state index >= 15 is 0 Å². The highest BCUT2D eigenvalue weighted by Gasteiger charge is 2.35. The summed E-state index contributed by atoms with van der Waals surface area (Å²) in [6.45, 7) is 7.12. The van der Waals surface area contributed by atoms with Gasteiger partial charge in [0.05, 0.1) is 5.69 Å². The molecule has 0 spiro atoms. The number of rotatable bonds is 3. The van der Waals surface area contributed by atoms with E-state index in [1.165, 1.54) is 5.56 Å². The van der Waals surface area contributed by atoms with Crippen molar-refractivity contribution in [3.8, 4) is 0 Å². The van der Waals surface area contributed by atoms with Crippen LogP contribution in [0.15, 0.2) is 42.5 Å². The molecular formula is C19H20N2OS. The summed E-state index contributed by atoms with van der Waals surface area (Å²) in [7, 11) is 0. The molecule has 118 valence electrons. The number of nitrogens with zero attached hydrogens (tertiary/aromatic N) is 2. The average Bonchev–Trinajstić information content (AvgIpc) is 2.75. The van der Waals surface area contributed by atoms with E-state index in [1.807, 2.05) is 36.9 Å². The Bertz CT molecular complexity index is 747. The van der Waals surface area contributed by atoms with Crippen LogP contribution in [-0.2, 0) is 11.3 Å². The molecule has 2 aromatic carbocycles. The number of carbonyl (C=O) groups excluding carboxylic acids is 1. The maximum atomic E-state index is 12.6. The number of carbonyl (C=O) groups is 1. The molecule has 0 atom stereocenters. The fraction of sp³-hybridized carbons (Fsp3) is 0.263. The van der Waals surface area contributed by atoms with E-state index in [0.717, 1.165) is 22.4 Å². The number of thiocarbonyl (C=S) groups is 1. The van der Waals surface area contributed by atoms with Crippen LogP contribution in [-0.4, -0.2) is 22.5 Å². The van der Waals surface area contributed by atoms with Crippen molar-refractivity contribution in [2.45, 2.75) is 27.3 Å². The zero-order valence-corrected chi connectivity index (χ0v) is 14.5. The van der Waals surface area contributed by atoms with Crippen LogP contribution >= 0.6 is 12.2 Å². The van der Waals surface area contributed by atoms with Gasteiger partial charge in [-0.2, -0.15) is 0 Å². The molecule has 2 aromatic rings. The molecule has 4 heteroatoms. The summed E-state index contributed by atoms with van der Waals surface area (Å²) < 4.78 is 0. The topological polar surface area (TPSA) is 23.6 Å². The lowest BCUT2D eigenvalue weighted by atomic mass is 10.0. The molecule has 1 aliphatic heterocycles. The highest BCUT2D eigenvalue weighted by Crippen LogP contribution is 2.30. The minimum absolute atomic E-state index is 0.0426. The van der Waals surface area contributed by atoms with Gasteiger partial charge in [-0.05, 0) is 49.7 Å². The third-order valence-electron chi connectivity index (χ3n) is 4.11. The van der Waals surface area contributed by atoms with E-state index < -0.39 is 0 Å². The molecule has 0 unspecified atom stereocenters. The van der Waals surface area contributed by atoms with Crippen molar-refractivity contribution in [2.24, 2.45) is 0 Å². The van der Waals surface area contributed by atoms with Gasteiger partial charge in [0, 0.05) is 6.54 Å². The van der Waals surface area contributed by atoms with Gasteiger partial charge in [-0.1, -0.05) is 48.0 Å². The van der Waals surface area contributed by atoms with Gasteiger partial charge in [-0.15, -0.1) is 0 Å². The third kappa shape index (κ3) is 2.99. The van der Waals surface area contributed by atoms with Crippen molar-refractivity contribution in [2.75, 3.05) is 11.4 Å². The first-order valence-electron chi connectivity index (χ1n) is 7.71. The van der Waals surface area contributed by atoms with E-state index in [2.05, 4.69) is 31.2 Å². The van der Waals surface area contributed by atoms with Gasteiger partial charge in [0.2, 0.25) is 0 Å². The van der Waals surface area contributed by atoms with Gasteiger partial charge < -0.3 is 4.90 Å². The van der Waals surface area contributed by atoms with Crippen LogP contribution in [0.1, 0.15) is 22.3 Å². The molecule has 0 saturated carbocycles. The van der Waals surface area contributed by atoms with E-state index in [9.17, 15) is 4.79 Å². The summed E-state index contributed by atoms with van der Waals surface area (Å²) in [4.78, 5) is 16.2. The Morgan fingerprint density at radius 3 is 2.26 bits per heavy atom. The molecule has 3 rings (SSSR count). The molecule has 1 aliphatic rings. The molecule has 1 fully saturated rings. The molecular weight excluding hydrogens is 304 g/mol. The molecule has 0 aliphatic carbocycles. The van der Waals surface area contributed by atoms with Gasteiger partial charge in [0.15, 0.2) is 5.11 Å². The van der Waals surface area contributed by atoms with Crippen molar-refractivity contribution in [3.63, 3.8) is 0 Å². The summed E-state index contributed by atoms with van der Waals surface area (Å²) in [5.74, 6) is 0.0426. The van der Waals surface area contributed by atoms with E-state index in [1.54, 1.807) is 4.90 Å². The number of amides is 1. The Morgan fingerprint density at radius 1 is 1.04 bits per heavy atom. The zero-order valence-electron chi connectivity index (χ0n) is 13.7. The van der Waals surface area contributed by atoms with Crippen LogP contribution in [0.2, 0.25) is 0 Å². The van der Waals surface area contributed by atoms with Gasteiger partial charge in [-0.25, -0.2) is 0 Å². The SMILES string of the molecule is Cc1cc(C)c(N2C(=O)CN(Cc3ccccc3)C2=S)c(C)c1. The fourth-order valence-corrected chi connectivity index (χ4v) is 3.54. The van der Waals surface area contributed by atoms with Crippen molar-refractivity contribution >= 4 is 28.9 Å². The Hall–Kier alpha value is -2.20. The number of aryl methyl sites for hydroxylation is 3. The maximum absolute atomic E-state index is 12.6. The van der Waals surface area contributed by atoms with E-state index in [-0.39, 0.29) is 5.91 Å². The number of hydrogen-bond acceptors (Lipinski definition) is 2. The Morgan fingerprint density at radius 2 is 1.65 bits per heavy atom. The largest absolute Gasteiger partial charge is 0.335 e. The van der Waals surface area contributed by atoms with Crippen LogP contribution in [0.3, 0.4) is 0 Å². The van der Waals surface area contributed by atoms with Crippen LogP contribution in [0.4, 0.5) is 5.69 Å². The number of hydrogen-bond donors (Lipinski definition) is 0. The molecule has 23 heavy (non-hydrogen) atoms. The molecule has 0 bridgehead atoms. The molecule has 1 heterocycles. The maximum Gasteiger partial charge on any atom is 0.252 e. The van der Waals surface area contributed by atoms with Crippen LogP contribution in [0, 0.1) is 20.8 Å². The average molecular weight is 324 g/mol. The summed E-state index contributed by atoms with van der Waals surface area (Å²) in [6.07, 6.45) is 0. The quantitative estimate of drug-likeness (QED) is 0.804. The standard InChI is InChI=1S/C19H20N2OS/c1-13-9-14(2)18(15(3)10-13)21-17(22)12-20(19(21)23)11-16-7-5-4-6-8-16/h4-10H,11-12H2,1-3H3. The summed E-state index contributed by atoms with van der Waals surface area (Å²) in [5, 5.41) is 0.592. The lowest BCUT2D eigenvalue weighted by Gasteiger charge is -2.23. The Kier molecular flexibility index (Phi) is 4.18. The lowest BCUT2D eigenvalue weighted by molar-refractivity contribution is -0.116. The minimum atomic E-state index is 0.0426. The second kappa shape index (κ2) is 6.13. The molecule has 0 N–H and O–H groups in total. The first kappa shape index (κ1) is 15.7. The highest BCUT2D eigenvalue weighted by atomic mass is 32.1. The zero-order chi connectivity index (χ0) is 16.6. The van der Waals surface area contributed by atoms with Crippen molar-refractivity contribution < 1.29 is 4.79 Å². The highest BCUT2D eigenvalue weighted by molar-refractivity contribution is 7.80. The van der Waals surface area contributed by atoms with Gasteiger partial charge in [-0.3, -0.25) is 9.69 Å². The van der Waals surface area contributed by atoms with E-state index in [0.29, 0.717) is 18.2 Å². The second-order valence-corrected chi connectivity index (χ2v) is 6.47. The first-order chi connectivity index (χ1) is 11.0. The van der Waals surface area contributed by atoms with Gasteiger partial charge in [0.1, 0.15) is 6.54 Å². The third-order valence-corrected chi connectivity index (χ3v) is 4.55. The van der Waals surface area contributed by atoms with Crippen LogP contribution < -0.4 is 4.90 Å². The molecule has 1 saturated heterocycles. The van der Waals surface area contributed by atoms with Crippen molar-refractivity contribution in [1.29, 1.82) is 0 Å². The van der Waals surface area contributed by atoms with Gasteiger partial charge >= 0.3 is 0 Å². The monoisotopic (exact) mass is 324 g/mol. The lowest BCUT2D eigenvalue weighted by Crippen LogP contribution is -2.33. The second-order valence-electron chi connectivity index (χ2n) is 6.10. The summed E-state index contributed by atoms with van der Waals surface area (Å²) in [6, 6.07) is 14.3. The predicted octanol–water partition coefficient (Wildman–Crippen LogP) is 3.75. The van der Waals surface area contributed by atoms with E-state index in [4.69, 9.17) is 12.2 Å². The molecule has 1 amide bonds. The summed E-state index contributed by atoms with van der Waals surface area (Å²) in [5.41, 5.74) is 5.45. The molecule has 0 radical (unpaired) electrons. The smallest absolute Gasteiger partial charge is 0.252 e.